The zero-order valence-electron chi connectivity index (χ0n) is 16.0. The average molecular weight is 424 g/mol. The van der Waals surface area contributed by atoms with Crippen LogP contribution < -0.4 is 15.6 Å². The van der Waals surface area contributed by atoms with Crippen molar-refractivity contribution in [1.29, 1.82) is 5.26 Å². The molecule has 31 heavy (non-hydrogen) atoms. The maximum absolute atomic E-state index is 13.7. The molecule has 3 heterocycles. The lowest BCUT2D eigenvalue weighted by Crippen LogP contribution is -2.43. The van der Waals surface area contributed by atoms with Crippen LogP contribution in [0, 0.1) is 11.3 Å². The molecule has 2 atom stereocenters. The number of nitrogens with zero attached hydrogens (tertiary/aromatic N) is 2. The number of rotatable bonds is 4. The molecule has 2 unspecified atom stereocenters. The number of H-pyrrole nitrogens is 1. The van der Waals surface area contributed by atoms with Crippen LogP contribution in [0.15, 0.2) is 84.5 Å². The van der Waals surface area contributed by atoms with E-state index in [1.807, 2.05) is 6.07 Å². The van der Waals surface area contributed by atoms with E-state index in [1.165, 1.54) is 18.3 Å². The third-order valence-electron chi connectivity index (χ3n) is 4.93. The van der Waals surface area contributed by atoms with Crippen LogP contribution in [0.5, 0.6) is 0 Å². The highest BCUT2D eigenvalue weighted by Gasteiger charge is 2.47. The number of alkyl halides is 3. The summed E-state index contributed by atoms with van der Waals surface area (Å²) in [5, 5.41) is 14.1. The van der Waals surface area contributed by atoms with Crippen LogP contribution in [0.25, 0.3) is 0 Å². The monoisotopic (exact) mass is 424 g/mol. The highest BCUT2D eigenvalue weighted by molar-refractivity contribution is 5.95. The minimum Gasteiger partial charge on any atom is -0.355 e. The van der Waals surface area contributed by atoms with E-state index in [1.54, 1.807) is 59.7 Å². The fourth-order valence-corrected chi connectivity index (χ4v) is 3.46. The summed E-state index contributed by atoms with van der Waals surface area (Å²) in [5.74, 6) is -0.879. The number of nitrogens with one attached hydrogen (secondary N) is 3. The summed E-state index contributed by atoms with van der Waals surface area (Å²) < 4.78 is 41.0. The van der Waals surface area contributed by atoms with Crippen molar-refractivity contribution >= 4 is 5.91 Å². The lowest BCUT2D eigenvalue weighted by Gasteiger charge is -2.26. The van der Waals surface area contributed by atoms with Gasteiger partial charge < -0.3 is 15.5 Å². The van der Waals surface area contributed by atoms with Gasteiger partial charge in [0.15, 0.2) is 6.20 Å². The Hall–Kier alpha value is -4.06. The van der Waals surface area contributed by atoms with E-state index in [2.05, 4.69) is 15.6 Å². The van der Waals surface area contributed by atoms with E-state index in [0.717, 1.165) is 5.56 Å². The molecule has 0 spiro atoms. The highest BCUT2D eigenvalue weighted by Crippen LogP contribution is 2.35. The Labute approximate surface area is 176 Å². The molecule has 2 aromatic rings. The Morgan fingerprint density at radius 3 is 2.61 bits per heavy atom. The van der Waals surface area contributed by atoms with Crippen molar-refractivity contribution in [2.75, 3.05) is 0 Å². The highest BCUT2D eigenvalue weighted by atomic mass is 19.4. The van der Waals surface area contributed by atoms with Crippen LogP contribution in [0.4, 0.5) is 13.2 Å². The van der Waals surface area contributed by atoms with Gasteiger partial charge in [0.1, 0.15) is 11.9 Å². The predicted molar refractivity (Wildman–Crippen MR) is 104 cm³/mol. The summed E-state index contributed by atoms with van der Waals surface area (Å²) in [5.41, 5.74) is 1.54. The van der Waals surface area contributed by atoms with Crippen LogP contribution in [-0.4, -0.2) is 17.0 Å². The number of aromatic amines is 1. The number of hydrogen-bond donors (Lipinski definition) is 2. The lowest BCUT2D eigenvalue weighted by molar-refractivity contribution is -0.401. The standard InChI is InChI=1S/C22H16F3N5O/c23-22(24,25)19(16-5-1-3-11-27-16)29-21(31)18-17-6-2-4-12-30(17)20(28-18)15-9-7-14(13-26)8-10-15/h1-12,19-20,28H,(H,29,31)/p+1. The van der Waals surface area contributed by atoms with Gasteiger partial charge in [-0.1, -0.05) is 24.3 Å². The molecule has 1 aromatic heterocycles. The van der Waals surface area contributed by atoms with Gasteiger partial charge in [0.2, 0.25) is 11.7 Å². The molecule has 0 aliphatic carbocycles. The molecular formula is C22H17F3N5O+. The third kappa shape index (κ3) is 4.00. The van der Waals surface area contributed by atoms with Gasteiger partial charge in [-0.2, -0.15) is 18.4 Å². The molecule has 4 rings (SSSR count). The number of allylic oxidation sites excluding steroid dienone is 3. The minimum atomic E-state index is -4.69. The second-order valence-electron chi connectivity index (χ2n) is 6.91. The van der Waals surface area contributed by atoms with Crippen molar-refractivity contribution in [2.24, 2.45) is 0 Å². The Bertz CT molecular complexity index is 1110. The zero-order valence-corrected chi connectivity index (χ0v) is 16.0. The van der Waals surface area contributed by atoms with Crippen molar-refractivity contribution in [1.82, 2.24) is 15.5 Å². The summed E-state index contributed by atoms with van der Waals surface area (Å²) in [6, 6.07) is 10.9. The summed E-state index contributed by atoms with van der Waals surface area (Å²) >= 11 is 0. The average Bonchev–Trinajstić information content (AvgIpc) is 3.17. The van der Waals surface area contributed by atoms with E-state index in [-0.39, 0.29) is 11.4 Å². The van der Waals surface area contributed by atoms with Crippen LogP contribution >= 0.6 is 0 Å². The number of hydrogen-bond acceptors (Lipinski definition) is 4. The normalized spacial score (nSPS) is 18.3. The largest absolute Gasteiger partial charge is 0.418 e. The Morgan fingerprint density at radius 2 is 1.97 bits per heavy atom. The molecule has 3 N–H and O–H groups in total. The number of benzene rings is 1. The van der Waals surface area contributed by atoms with Gasteiger partial charge in [-0.05, 0) is 29.8 Å². The first-order chi connectivity index (χ1) is 14.9. The molecule has 0 saturated carbocycles. The fourth-order valence-electron chi connectivity index (χ4n) is 3.46. The summed E-state index contributed by atoms with van der Waals surface area (Å²) in [6.45, 7) is 0. The SMILES string of the molecule is N#Cc1ccc(C2NC(C(=O)NC(c3cccc[nH+]3)C(F)(F)F)=C3C=CC=CN32)cc1. The van der Waals surface area contributed by atoms with Gasteiger partial charge in [-0.25, -0.2) is 4.98 Å². The maximum Gasteiger partial charge on any atom is 0.418 e. The molecule has 9 heteroatoms. The van der Waals surface area contributed by atoms with E-state index in [4.69, 9.17) is 5.26 Å². The Kier molecular flexibility index (Phi) is 5.21. The smallest absolute Gasteiger partial charge is 0.355 e. The molecule has 0 fully saturated rings. The molecule has 1 aromatic carbocycles. The van der Waals surface area contributed by atoms with Gasteiger partial charge in [0.25, 0.3) is 5.91 Å². The summed E-state index contributed by atoms with van der Waals surface area (Å²) in [4.78, 5) is 17.2. The number of carbonyl (C=O) groups is 1. The minimum absolute atomic E-state index is 0.0279. The number of carbonyl (C=O) groups excluding carboxylic acids is 1. The fraction of sp³-hybridized carbons (Fsp3) is 0.136. The Balaban J connectivity index is 1.63. The maximum atomic E-state index is 13.7. The van der Waals surface area contributed by atoms with Gasteiger partial charge >= 0.3 is 6.18 Å². The topological polar surface area (TPSA) is 82.3 Å². The first kappa shape index (κ1) is 20.2. The zero-order chi connectivity index (χ0) is 22.0. The van der Waals surface area contributed by atoms with Gasteiger partial charge in [-0.3, -0.25) is 4.79 Å². The first-order valence-electron chi connectivity index (χ1n) is 9.37. The van der Waals surface area contributed by atoms with Crippen molar-refractivity contribution in [3.05, 3.63) is 101 Å². The molecule has 6 nitrogen and oxygen atoms in total. The molecule has 0 radical (unpaired) electrons. The molecule has 2 aliphatic heterocycles. The van der Waals surface area contributed by atoms with Gasteiger partial charge in [0.05, 0.1) is 17.3 Å². The molecular weight excluding hydrogens is 407 g/mol. The van der Waals surface area contributed by atoms with Crippen LogP contribution in [0.1, 0.15) is 29.0 Å². The molecule has 156 valence electrons. The van der Waals surface area contributed by atoms with Crippen LogP contribution in [0.2, 0.25) is 0 Å². The second kappa shape index (κ2) is 7.99. The van der Waals surface area contributed by atoms with E-state index in [0.29, 0.717) is 11.3 Å². The number of halogens is 3. The number of amides is 1. The molecule has 0 saturated heterocycles. The van der Waals surface area contributed by atoms with Gasteiger partial charge in [-0.15, -0.1) is 0 Å². The van der Waals surface area contributed by atoms with E-state index in [9.17, 15) is 18.0 Å². The lowest BCUT2D eigenvalue weighted by atomic mass is 10.1. The van der Waals surface area contributed by atoms with Crippen molar-refractivity contribution in [3.8, 4) is 6.07 Å². The van der Waals surface area contributed by atoms with Crippen molar-refractivity contribution < 1.29 is 22.9 Å². The Morgan fingerprint density at radius 1 is 1.19 bits per heavy atom. The molecule has 2 aliphatic rings. The number of fused-ring (bicyclic) bond motifs is 1. The molecule has 0 bridgehead atoms. The predicted octanol–water partition coefficient (Wildman–Crippen LogP) is 2.99. The first-order valence-corrected chi connectivity index (χ1v) is 9.37. The van der Waals surface area contributed by atoms with Gasteiger partial charge in [0, 0.05) is 18.3 Å². The second-order valence-corrected chi connectivity index (χ2v) is 6.91. The van der Waals surface area contributed by atoms with Crippen molar-refractivity contribution in [2.45, 2.75) is 18.4 Å². The van der Waals surface area contributed by atoms with Crippen molar-refractivity contribution in [3.63, 3.8) is 0 Å². The number of nitriles is 1. The van der Waals surface area contributed by atoms with E-state index >= 15 is 0 Å². The quantitative estimate of drug-likeness (QED) is 0.791. The van der Waals surface area contributed by atoms with E-state index < -0.39 is 24.3 Å². The van der Waals surface area contributed by atoms with Crippen LogP contribution in [0.3, 0.4) is 0 Å². The number of pyridine rings is 1. The molecule has 1 amide bonds. The summed E-state index contributed by atoms with van der Waals surface area (Å²) in [7, 11) is 0. The number of aromatic nitrogens is 1. The third-order valence-corrected chi connectivity index (χ3v) is 4.93. The summed E-state index contributed by atoms with van der Waals surface area (Å²) in [6.07, 6.45) is 3.03. The van der Waals surface area contributed by atoms with Crippen LogP contribution in [-0.2, 0) is 4.79 Å².